The molecule has 12 rings (SSSR count). The van der Waals surface area contributed by atoms with Crippen LogP contribution in [0.25, 0.3) is 54.6 Å². The SMILES string of the molecule is c1ccc(-c2ccc3cc(N(c4ccc5c(c4)C4(c6ccccc6O5)c5ccccc5-c5cccc6cccc4c56)c4cccc5ccccc45)ccc3c2)cc1. The van der Waals surface area contributed by atoms with E-state index >= 15 is 0 Å². The molecule has 10 aromatic rings. The Balaban J connectivity index is 1.14. The molecule has 10 aromatic carbocycles. The molecule has 57 heavy (non-hydrogen) atoms. The lowest BCUT2D eigenvalue weighted by atomic mass is 9.58. The summed E-state index contributed by atoms with van der Waals surface area (Å²) in [5, 5.41) is 7.32. The molecule has 1 aliphatic heterocycles. The minimum atomic E-state index is -0.633. The van der Waals surface area contributed by atoms with Crippen molar-refractivity contribution in [2.75, 3.05) is 4.90 Å². The molecule has 0 radical (unpaired) electrons. The zero-order valence-electron chi connectivity index (χ0n) is 31.1. The minimum absolute atomic E-state index is 0.633. The minimum Gasteiger partial charge on any atom is -0.457 e. The molecule has 0 fully saturated rings. The van der Waals surface area contributed by atoms with E-state index in [0.717, 1.165) is 39.7 Å². The molecule has 266 valence electrons. The zero-order chi connectivity index (χ0) is 37.5. The molecule has 2 nitrogen and oxygen atoms in total. The van der Waals surface area contributed by atoms with Gasteiger partial charge in [0.1, 0.15) is 11.5 Å². The van der Waals surface area contributed by atoms with Crippen molar-refractivity contribution in [1.82, 2.24) is 0 Å². The third kappa shape index (κ3) is 4.65. The maximum Gasteiger partial charge on any atom is 0.132 e. The molecule has 2 heteroatoms. The number of hydrogen-bond donors (Lipinski definition) is 0. The lowest BCUT2D eigenvalue weighted by Gasteiger charge is -2.45. The van der Waals surface area contributed by atoms with Crippen molar-refractivity contribution >= 4 is 49.4 Å². The fraction of sp³-hybridized carbons (Fsp3) is 0.0182. The lowest BCUT2D eigenvalue weighted by Crippen LogP contribution is -2.36. The van der Waals surface area contributed by atoms with Crippen molar-refractivity contribution in [2.24, 2.45) is 0 Å². The molecule has 0 aromatic heterocycles. The number of benzene rings is 10. The van der Waals surface area contributed by atoms with Crippen LogP contribution in [0.3, 0.4) is 0 Å². The summed E-state index contributed by atoms with van der Waals surface area (Å²) in [5.74, 6) is 1.76. The van der Waals surface area contributed by atoms with Gasteiger partial charge >= 0.3 is 0 Å². The van der Waals surface area contributed by atoms with Gasteiger partial charge in [-0.05, 0) is 109 Å². The zero-order valence-corrected chi connectivity index (χ0v) is 31.1. The molecular formula is C55H35NO. The Kier molecular flexibility index (Phi) is 6.88. The van der Waals surface area contributed by atoms with E-state index in [9.17, 15) is 0 Å². The Hall–Kier alpha value is -7.42. The second-order valence-electron chi connectivity index (χ2n) is 15.2. The molecule has 1 atom stereocenters. The average Bonchev–Trinajstić information content (AvgIpc) is 3.28. The standard InChI is InChI=1S/C55H35NO/c1-2-13-36(14-3-1)39-27-28-41-34-42(30-29-40(41)33-39)56(51-25-12-16-37-15-4-5-19-44(37)51)43-31-32-53-50(35-43)55(48-23-8-9-26-52(48)57-53)47-22-7-6-20-45(47)46-21-10-17-38-18-11-24-49(55)54(38)46/h1-35H. The first-order chi connectivity index (χ1) is 28.3. The van der Waals surface area contributed by atoms with Gasteiger partial charge in [-0.3, -0.25) is 0 Å². The fourth-order valence-electron chi connectivity index (χ4n) is 9.83. The molecule has 1 spiro atoms. The second-order valence-corrected chi connectivity index (χ2v) is 15.2. The number of ether oxygens (including phenoxy) is 1. The topological polar surface area (TPSA) is 12.5 Å². The number of anilines is 3. The molecule has 2 aliphatic rings. The highest BCUT2D eigenvalue weighted by atomic mass is 16.5. The summed E-state index contributed by atoms with van der Waals surface area (Å²) in [6.07, 6.45) is 0. The summed E-state index contributed by atoms with van der Waals surface area (Å²) in [5.41, 5.74) is 12.4. The highest BCUT2D eigenvalue weighted by molar-refractivity contribution is 6.06. The third-order valence-electron chi connectivity index (χ3n) is 12.3. The van der Waals surface area contributed by atoms with Gasteiger partial charge in [0.2, 0.25) is 0 Å². The summed E-state index contributed by atoms with van der Waals surface area (Å²) in [6.45, 7) is 0. The van der Waals surface area contributed by atoms with Crippen molar-refractivity contribution in [1.29, 1.82) is 0 Å². The van der Waals surface area contributed by atoms with Gasteiger partial charge in [-0.15, -0.1) is 0 Å². The summed E-state index contributed by atoms with van der Waals surface area (Å²) in [7, 11) is 0. The van der Waals surface area contributed by atoms with E-state index < -0.39 is 5.41 Å². The molecule has 0 saturated heterocycles. The fourth-order valence-corrected chi connectivity index (χ4v) is 9.83. The maximum absolute atomic E-state index is 6.91. The molecule has 1 heterocycles. The van der Waals surface area contributed by atoms with Gasteiger partial charge in [0.25, 0.3) is 0 Å². The second kappa shape index (κ2) is 12.3. The van der Waals surface area contributed by atoms with Gasteiger partial charge in [-0.2, -0.15) is 0 Å². The highest BCUT2D eigenvalue weighted by Crippen LogP contribution is 2.61. The normalized spacial score (nSPS) is 14.9. The van der Waals surface area contributed by atoms with Crippen LogP contribution in [0, 0.1) is 0 Å². The van der Waals surface area contributed by atoms with Crippen molar-refractivity contribution in [3.63, 3.8) is 0 Å². The van der Waals surface area contributed by atoms with Gasteiger partial charge in [0.05, 0.1) is 11.1 Å². The Morgan fingerprint density at radius 1 is 0.351 bits per heavy atom. The van der Waals surface area contributed by atoms with Crippen LogP contribution >= 0.6 is 0 Å². The number of nitrogens with zero attached hydrogens (tertiary/aromatic N) is 1. The number of rotatable bonds is 4. The summed E-state index contributed by atoms with van der Waals surface area (Å²) in [6, 6.07) is 77.6. The van der Waals surface area contributed by atoms with Crippen molar-refractivity contribution in [2.45, 2.75) is 5.41 Å². The maximum atomic E-state index is 6.91. The summed E-state index contributed by atoms with van der Waals surface area (Å²) >= 11 is 0. The van der Waals surface area contributed by atoms with E-state index in [4.69, 9.17) is 4.74 Å². The number of para-hydroxylation sites is 1. The van der Waals surface area contributed by atoms with Crippen LogP contribution in [0.5, 0.6) is 11.5 Å². The molecule has 0 N–H and O–H groups in total. The van der Waals surface area contributed by atoms with Gasteiger partial charge in [-0.25, -0.2) is 0 Å². The van der Waals surface area contributed by atoms with Crippen LogP contribution in [0.15, 0.2) is 212 Å². The van der Waals surface area contributed by atoms with E-state index in [-0.39, 0.29) is 0 Å². The van der Waals surface area contributed by atoms with Crippen LogP contribution in [0.2, 0.25) is 0 Å². The van der Waals surface area contributed by atoms with Crippen molar-refractivity contribution in [3.05, 3.63) is 235 Å². The lowest BCUT2D eigenvalue weighted by molar-refractivity contribution is 0.435. The molecule has 1 unspecified atom stereocenters. The first-order valence-electron chi connectivity index (χ1n) is 19.7. The largest absolute Gasteiger partial charge is 0.457 e. The monoisotopic (exact) mass is 725 g/mol. The van der Waals surface area contributed by atoms with E-state index in [1.807, 2.05) is 0 Å². The molecule has 0 amide bonds. The van der Waals surface area contributed by atoms with Crippen LogP contribution in [-0.2, 0) is 5.41 Å². The average molecular weight is 726 g/mol. The van der Waals surface area contributed by atoms with E-state index in [1.54, 1.807) is 0 Å². The first kappa shape index (κ1) is 31.9. The predicted molar refractivity (Wildman–Crippen MR) is 236 cm³/mol. The van der Waals surface area contributed by atoms with Crippen LogP contribution in [-0.4, -0.2) is 0 Å². The molecule has 0 saturated carbocycles. The van der Waals surface area contributed by atoms with Gasteiger partial charge in [0, 0.05) is 27.9 Å². The Labute approximate surface area is 331 Å². The molecular weight excluding hydrogens is 691 g/mol. The predicted octanol–water partition coefficient (Wildman–Crippen LogP) is 14.8. The quantitative estimate of drug-likeness (QED) is 0.179. The molecule has 0 bridgehead atoms. The van der Waals surface area contributed by atoms with Crippen LogP contribution in [0.4, 0.5) is 17.1 Å². The van der Waals surface area contributed by atoms with Crippen LogP contribution < -0.4 is 9.64 Å². The Morgan fingerprint density at radius 2 is 0.982 bits per heavy atom. The molecule has 1 aliphatic carbocycles. The first-order valence-corrected chi connectivity index (χ1v) is 19.7. The van der Waals surface area contributed by atoms with Crippen LogP contribution in [0.1, 0.15) is 22.3 Å². The van der Waals surface area contributed by atoms with E-state index in [1.165, 1.54) is 65.7 Å². The van der Waals surface area contributed by atoms with Gasteiger partial charge in [-0.1, -0.05) is 164 Å². The highest BCUT2D eigenvalue weighted by Gasteiger charge is 2.49. The Morgan fingerprint density at radius 3 is 1.91 bits per heavy atom. The van der Waals surface area contributed by atoms with E-state index in [0.29, 0.717) is 0 Å². The van der Waals surface area contributed by atoms with E-state index in [2.05, 4.69) is 217 Å². The van der Waals surface area contributed by atoms with Crippen molar-refractivity contribution in [3.8, 4) is 33.8 Å². The number of fused-ring (bicyclic) bond motifs is 10. The third-order valence-corrected chi connectivity index (χ3v) is 12.3. The number of hydrogen-bond acceptors (Lipinski definition) is 2. The van der Waals surface area contributed by atoms with Gasteiger partial charge < -0.3 is 9.64 Å². The Bertz CT molecular complexity index is 3230. The van der Waals surface area contributed by atoms with Crippen molar-refractivity contribution < 1.29 is 4.74 Å². The summed E-state index contributed by atoms with van der Waals surface area (Å²) < 4.78 is 6.91. The van der Waals surface area contributed by atoms with Gasteiger partial charge in [0.15, 0.2) is 0 Å². The smallest absolute Gasteiger partial charge is 0.132 e. The summed E-state index contributed by atoms with van der Waals surface area (Å²) in [4.78, 5) is 2.44.